The first-order chi connectivity index (χ1) is 10.2. The van der Waals surface area contributed by atoms with Crippen LogP contribution in [-0.4, -0.2) is 45.0 Å². The summed E-state index contributed by atoms with van der Waals surface area (Å²) in [4.78, 5) is 14.0. The molecule has 2 unspecified atom stereocenters. The van der Waals surface area contributed by atoms with E-state index in [2.05, 4.69) is 17.3 Å². The normalized spacial score (nSPS) is 22.7. The van der Waals surface area contributed by atoms with Crippen LogP contribution in [0.5, 0.6) is 0 Å². The number of likely N-dealkylation sites (tertiary alicyclic amines) is 1. The van der Waals surface area contributed by atoms with Crippen molar-refractivity contribution in [2.45, 2.75) is 64.8 Å². The summed E-state index contributed by atoms with van der Waals surface area (Å²) in [5.41, 5.74) is 0.747. The first kappa shape index (κ1) is 16.8. The monoisotopic (exact) mass is 308 g/mol. The number of aryl methyl sites for hydroxylation is 1. The molecule has 2 heterocycles. The number of nitrogens with one attached hydrogen (secondary N) is 1. The topological polar surface area (TPSA) is 59.4 Å². The van der Waals surface area contributed by atoms with E-state index in [4.69, 9.17) is 4.74 Å². The fourth-order valence-corrected chi connectivity index (χ4v) is 2.77. The van der Waals surface area contributed by atoms with Gasteiger partial charge in [0.05, 0.1) is 6.20 Å². The third-order valence-electron chi connectivity index (χ3n) is 3.86. The lowest BCUT2D eigenvalue weighted by Crippen LogP contribution is -2.50. The molecular formula is C16H28N4O2. The second-order valence-corrected chi connectivity index (χ2v) is 7.15. The Morgan fingerprint density at radius 1 is 1.50 bits per heavy atom. The van der Waals surface area contributed by atoms with E-state index in [9.17, 15) is 4.79 Å². The van der Waals surface area contributed by atoms with Crippen molar-refractivity contribution in [2.75, 3.05) is 6.54 Å². The van der Waals surface area contributed by atoms with E-state index in [1.54, 1.807) is 0 Å². The smallest absolute Gasteiger partial charge is 0.410 e. The van der Waals surface area contributed by atoms with Gasteiger partial charge in [0.1, 0.15) is 5.60 Å². The zero-order chi connectivity index (χ0) is 16.3. The summed E-state index contributed by atoms with van der Waals surface area (Å²) in [5, 5.41) is 7.73. The highest BCUT2D eigenvalue weighted by molar-refractivity contribution is 5.68. The molecule has 1 aromatic heterocycles. The van der Waals surface area contributed by atoms with Gasteiger partial charge in [-0.15, -0.1) is 0 Å². The Labute approximate surface area is 132 Å². The minimum atomic E-state index is -0.438. The summed E-state index contributed by atoms with van der Waals surface area (Å²) in [7, 11) is 1.92. The zero-order valence-electron chi connectivity index (χ0n) is 14.3. The largest absolute Gasteiger partial charge is 0.444 e. The number of amides is 1. The number of hydrogen-bond acceptors (Lipinski definition) is 4. The molecule has 0 bridgehead atoms. The maximum absolute atomic E-state index is 12.2. The number of aromatic nitrogens is 2. The van der Waals surface area contributed by atoms with Crippen LogP contribution in [0.2, 0.25) is 0 Å². The Kier molecular flexibility index (Phi) is 5.11. The van der Waals surface area contributed by atoms with Crippen molar-refractivity contribution in [2.24, 2.45) is 7.05 Å². The maximum Gasteiger partial charge on any atom is 0.410 e. The SMILES string of the molecule is CC1CC(NCc2cnn(C)c2)CCN1C(=O)OC(C)(C)C. The van der Waals surface area contributed by atoms with Gasteiger partial charge in [-0.25, -0.2) is 4.79 Å². The average molecular weight is 308 g/mol. The number of rotatable bonds is 3. The average Bonchev–Trinajstić information content (AvgIpc) is 2.80. The quantitative estimate of drug-likeness (QED) is 0.931. The van der Waals surface area contributed by atoms with Crippen molar-refractivity contribution in [3.63, 3.8) is 0 Å². The molecule has 6 nitrogen and oxygen atoms in total. The highest BCUT2D eigenvalue weighted by atomic mass is 16.6. The summed E-state index contributed by atoms with van der Waals surface area (Å²) in [6, 6.07) is 0.615. The molecule has 124 valence electrons. The van der Waals surface area contributed by atoms with Gasteiger partial charge >= 0.3 is 6.09 Å². The number of carbonyl (C=O) groups is 1. The summed E-state index contributed by atoms with van der Waals surface area (Å²) < 4.78 is 7.28. The molecule has 1 amide bonds. The van der Waals surface area contributed by atoms with E-state index in [1.165, 1.54) is 5.56 Å². The molecule has 0 spiro atoms. The van der Waals surface area contributed by atoms with Crippen LogP contribution >= 0.6 is 0 Å². The molecule has 0 aliphatic carbocycles. The first-order valence-electron chi connectivity index (χ1n) is 7.95. The van der Waals surface area contributed by atoms with Crippen molar-refractivity contribution in [1.82, 2.24) is 20.0 Å². The van der Waals surface area contributed by atoms with Gasteiger partial charge in [-0.2, -0.15) is 5.10 Å². The van der Waals surface area contributed by atoms with E-state index in [0.717, 1.165) is 25.9 Å². The van der Waals surface area contributed by atoms with Gasteiger partial charge in [-0.1, -0.05) is 0 Å². The predicted molar refractivity (Wildman–Crippen MR) is 85.5 cm³/mol. The van der Waals surface area contributed by atoms with Gasteiger partial charge in [0.25, 0.3) is 0 Å². The molecular weight excluding hydrogens is 280 g/mol. The lowest BCUT2D eigenvalue weighted by Gasteiger charge is -2.38. The zero-order valence-corrected chi connectivity index (χ0v) is 14.3. The van der Waals surface area contributed by atoms with Gasteiger partial charge in [0, 0.05) is 44.0 Å². The maximum atomic E-state index is 12.2. The van der Waals surface area contributed by atoms with Crippen molar-refractivity contribution in [3.05, 3.63) is 18.0 Å². The summed E-state index contributed by atoms with van der Waals surface area (Å²) >= 11 is 0. The number of nitrogens with zero attached hydrogens (tertiary/aromatic N) is 3. The molecule has 6 heteroatoms. The Hall–Kier alpha value is -1.56. The second kappa shape index (κ2) is 6.69. The van der Waals surface area contributed by atoms with E-state index in [0.29, 0.717) is 6.04 Å². The Bertz CT molecular complexity index is 506. The van der Waals surface area contributed by atoms with Crippen LogP contribution in [0.1, 0.15) is 46.1 Å². The van der Waals surface area contributed by atoms with Gasteiger partial charge in [0.2, 0.25) is 0 Å². The summed E-state index contributed by atoms with van der Waals surface area (Å²) in [5.74, 6) is 0. The third kappa shape index (κ3) is 4.73. The number of ether oxygens (including phenoxy) is 1. The van der Waals surface area contributed by atoms with Crippen LogP contribution < -0.4 is 5.32 Å². The summed E-state index contributed by atoms with van der Waals surface area (Å²) in [6.07, 6.45) is 5.59. The van der Waals surface area contributed by atoms with Crippen molar-refractivity contribution in [1.29, 1.82) is 0 Å². The molecule has 1 aliphatic heterocycles. The van der Waals surface area contributed by atoms with E-state index in [1.807, 2.05) is 49.8 Å². The van der Waals surface area contributed by atoms with Gasteiger partial charge < -0.3 is 15.0 Å². The molecule has 1 saturated heterocycles. The predicted octanol–water partition coefficient (Wildman–Crippen LogP) is 2.30. The highest BCUT2D eigenvalue weighted by Crippen LogP contribution is 2.20. The van der Waals surface area contributed by atoms with E-state index in [-0.39, 0.29) is 12.1 Å². The third-order valence-corrected chi connectivity index (χ3v) is 3.86. The van der Waals surface area contributed by atoms with Gasteiger partial charge in [-0.3, -0.25) is 4.68 Å². The van der Waals surface area contributed by atoms with Crippen LogP contribution in [-0.2, 0) is 18.3 Å². The molecule has 0 radical (unpaired) electrons. The number of piperidine rings is 1. The minimum absolute atomic E-state index is 0.190. The van der Waals surface area contributed by atoms with Crippen molar-refractivity contribution in [3.8, 4) is 0 Å². The molecule has 0 aromatic carbocycles. The lowest BCUT2D eigenvalue weighted by molar-refractivity contribution is 0.00932. The minimum Gasteiger partial charge on any atom is -0.444 e. The van der Waals surface area contributed by atoms with Gasteiger partial charge in [0.15, 0.2) is 0 Å². The summed E-state index contributed by atoms with van der Waals surface area (Å²) in [6.45, 7) is 9.34. The fraction of sp³-hybridized carbons (Fsp3) is 0.750. The molecule has 1 aromatic rings. The Morgan fingerprint density at radius 3 is 2.77 bits per heavy atom. The molecule has 1 aliphatic rings. The molecule has 0 saturated carbocycles. The molecule has 1 N–H and O–H groups in total. The molecule has 2 atom stereocenters. The van der Waals surface area contributed by atoms with Crippen LogP contribution in [0.25, 0.3) is 0 Å². The van der Waals surface area contributed by atoms with E-state index < -0.39 is 5.60 Å². The number of carbonyl (C=O) groups excluding carboxylic acids is 1. The molecule has 1 fully saturated rings. The van der Waals surface area contributed by atoms with Crippen molar-refractivity contribution >= 4 is 6.09 Å². The Morgan fingerprint density at radius 2 is 2.23 bits per heavy atom. The van der Waals surface area contributed by atoms with Crippen LogP contribution in [0, 0.1) is 0 Å². The fourth-order valence-electron chi connectivity index (χ4n) is 2.77. The van der Waals surface area contributed by atoms with Crippen LogP contribution in [0.4, 0.5) is 4.79 Å². The van der Waals surface area contributed by atoms with E-state index >= 15 is 0 Å². The first-order valence-corrected chi connectivity index (χ1v) is 7.95. The Balaban J connectivity index is 1.80. The standard InChI is InChI=1S/C16H28N4O2/c1-12-8-14(17-9-13-10-18-19(5)11-13)6-7-20(12)15(21)22-16(2,3)4/h10-12,14,17H,6-9H2,1-5H3. The number of hydrogen-bond donors (Lipinski definition) is 1. The van der Waals surface area contributed by atoms with Crippen LogP contribution in [0.3, 0.4) is 0 Å². The second-order valence-electron chi connectivity index (χ2n) is 7.15. The lowest BCUT2D eigenvalue weighted by atomic mass is 9.98. The van der Waals surface area contributed by atoms with Crippen LogP contribution in [0.15, 0.2) is 12.4 Å². The highest BCUT2D eigenvalue weighted by Gasteiger charge is 2.31. The van der Waals surface area contributed by atoms with Gasteiger partial charge in [-0.05, 0) is 40.5 Å². The molecule has 22 heavy (non-hydrogen) atoms. The molecule has 2 rings (SSSR count). The van der Waals surface area contributed by atoms with Crippen molar-refractivity contribution < 1.29 is 9.53 Å².